The van der Waals surface area contributed by atoms with E-state index < -0.39 is 21.7 Å². The quantitative estimate of drug-likeness (QED) is 0.781. The van der Waals surface area contributed by atoms with Gasteiger partial charge in [-0.1, -0.05) is 17.7 Å². The first kappa shape index (κ1) is 10.4. The van der Waals surface area contributed by atoms with Gasteiger partial charge in [0.1, 0.15) is 11.6 Å². The lowest BCUT2D eigenvalue weighted by Crippen LogP contribution is -2.03. The Labute approximate surface area is 79.9 Å². The van der Waals surface area contributed by atoms with Gasteiger partial charge >= 0.3 is 0 Å². The van der Waals surface area contributed by atoms with Crippen LogP contribution in [0.1, 0.15) is 5.56 Å². The Balaban J connectivity index is 3.04. The molecular weight excluding hydrogens is 219 g/mol. The Morgan fingerprint density at radius 3 is 2.54 bits per heavy atom. The highest BCUT2D eigenvalue weighted by atomic mass is 35.5. The molecule has 3 nitrogen and oxygen atoms in total. The van der Waals surface area contributed by atoms with Crippen LogP contribution in [0.3, 0.4) is 0 Å². The average molecular weight is 225 g/mol. The largest absolute Gasteiger partial charge is 0.285 e. The molecule has 0 saturated heterocycles. The zero-order valence-electron chi connectivity index (χ0n) is 6.37. The van der Waals surface area contributed by atoms with Crippen LogP contribution in [0.5, 0.6) is 0 Å². The lowest BCUT2D eigenvalue weighted by Gasteiger charge is -2.00. The van der Waals surface area contributed by atoms with Gasteiger partial charge in [-0.2, -0.15) is 8.42 Å². The number of hydrogen-bond donors (Lipinski definition) is 1. The van der Waals surface area contributed by atoms with Crippen molar-refractivity contribution in [3.63, 3.8) is 0 Å². The fourth-order valence-corrected chi connectivity index (χ4v) is 1.62. The summed E-state index contributed by atoms with van der Waals surface area (Å²) in [7, 11) is -4.20. The van der Waals surface area contributed by atoms with Gasteiger partial charge in [0.05, 0.1) is 0 Å². The maximum absolute atomic E-state index is 12.9. The van der Waals surface area contributed by atoms with Crippen LogP contribution < -0.4 is 0 Å². The van der Waals surface area contributed by atoms with Gasteiger partial charge < -0.3 is 0 Å². The van der Waals surface area contributed by atoms with Crippen molar-refractivity contribution >= 4 is 21.7 Å². The predicted molar refractivity (Wildman–Crippen MR) is 46.7 cm³/mol. The smallest absolute Gasteiger partial charge is 0.269 e. The van der Waals surface area contributed by atoms with Gasteiger partial charge in [0.25, 0.3) is 10.1 Å². The summed E-state index contributed by atoms with van der Waals surface area (Å²) in [5.41, 5.74) is -0.105. The van der Waals surface area contributed by atoms with E-state index in [1.807, 2.05) is 0 Å². The van der Waals surface area contributed by atoms with Crippen LogP contribution in [0.15, 0.2) is 18.2 Å². The lowest BCUT2D eigenvalue weighted by atomic mass is 10.2. The topological polar surface area (TPSA) is 54.4 Å². The Kier molecular flexibility index (Phi) is 2.90. The van der Waals surface area contributed by atoms with Crippen LogP contribution in [-0.2, 0) is 15.9 Å². The van der Waals surface area contributed by atoms with Gasteiger partial charge in [-0.15, -0.1) is 0 Å². The Bertz CT molecular complexity index is 416. The van der Waals surface area contributed by atoms with Crippen molar-refractivity contribution in [2.24, 2.45) is 0 Å². The van der Waals surface area contributed by atoms with Crippen molar-refractivity contribution in [2.75, 3.05) is 0 Å². The molecule has 0 amide bonds. The molecule has 0 aliphatic rings. The van der Waals surface area contributed by atoms with Crippen molar-refractivity contribution in [1.29, 1.82) is 0 Å². The second-order valence-electron chi connectivity index (χ2n) is 2.46. The molecule has 1 rings (SSSR count). The summed E-state index contributed by atoms with van der Waals surface area (Å²) < 4.78 is 42.1. The van der Waals surface area contributed by atoms with Crippen molar-refractivity contribution in [3.05, 3.63) is 34.6 Å². The molecule has 6 heteroatoms. The van der Waals surface area contributed by atoms with Gasteiger partial charge in [0.2, 0.25) is 0 Å². The van der Waals surface area contributed by atoms with E-state index in [9.17, 15) is 12.8 Å². The van der Waals surface area contributed by atoms with E-state index in [4.69, 9.17) is 16.2 Å². The molecule has 0 atom stereocenters. The van der Waals surface area contributed by atoms with Gasteiger partial charge in [0.15, 0.2) is 0 Å². The molecule has 0 aliphatic heterocycles. The summed E-state index contributed by atoms with van der Waals surface area (Å²) in [6.07, 6.45) is 0. The van der Waals surface area contributed by atoms with Gasteiger partial charge in [-0.05, 0) is 12.1 Å². The molecule has 0 radical (unpaired) electrons. The molecular formula is C7H6ClFO3S. The number of benzene rings is 1. The fourth-order valence-electron chi connectivity index (χ4n) is 0.835. The molecule has 72 valence electrons. The zero-order chi connectivity index (χ0) is 10.1. The van der Waals surface area contributed by atoms with Crippen molar-refractivity contribution < 1.29 is 17.4 Å². The highest BCUT2D eigenvalue weighted by Gasteiger charge is 2.10. The van der Waals surface area contributed by atoms with E-state index in [1.54, 1.807) is 0 Å². The monoisotopic (exact) mass is 224 g/mol. The minimum absolute atomic E-state index is 0.105. The number of hydrogen-bond acceptors (Lipinski definition) is 2. The van der Waals surface area contributed by atoms with Crippen molar-refractivity contribution in [1.82, 2.24) is 0 Å². The molecule has 1 aromatic rings. The Morgan fingerprint density at radius 2 is 2.08 bits per heavy atom. The third kappa shape index (κ3) is 3.30. The van der Waals surface area contributed by atoms with Crippen LogP contribution >= 0.6 is 11.6 Å². The van der Waals surface area contributed by atoms with E-state index in [0.717, 1.165) is 6.07 Å². The van der Waals surface area contributed by atoms with E-state index in [0.29, 0.717) is 0 Å². The SMILES string of the molecule is O=S(=O)(O)Cc1ccc(Cl)cc1F. The summed E-state index contributed by atoms with van der Waals surface area (Å²) in [4.78, 5) is 0. The van der Waals surface area contributed by atoms with E-state index in [-0.39, 0.29) is 10.6 Å². The molecule has 0 bridgehead atoms. The highest BCUT2D eigenvalue weighted by molar-refractivity contribution is 7.85. The van der Waals surface area contributed by atoms with E-state index >= 15 is 0 Å². The van der Waals surface area contributed by atoms with E-state index in [2.05, 4.69) is 0 Å². The minimum atomic E-state index is -4.20. The molecule has 0 fully saturated rings. The first-order valence-corrected chi connectivity index (χ1v) is 5.26. The number of rotatable bonds is 2. The predicted octanol–water partition coefficient (Wildman–Crippen LogP) is 1.87. The maximum Gasteiger partial charge on any atom is 0.269 e. The lowest BCUT2D eigenvalue weighted by molar-refractivity contribution is 0.480. The average Bonchev–Trinajstić information content (AvgIpc) is 1.93. The van der Waals surface area contributed by atoms with Crippen molar-refractivity contribution in [2.45, 2.75) is 5.75 Å². The summed E-state index contributed by atoms with van der Waals surface area (Å²) in [5, 5.41) is 0.177. The Morgan fingerprint density at radius 1 is 1.46 bits per heavy atom. The summed E-state index contributed by atoms with van der Waals surface area (Å²) in [6, 6.07) is 3.55. The van der Waals surface area contributed by atoms with E-state index in [1.165, 1.54) is 12.1 Å². The molecule has 1 aromatic carbocycles. The maximum atomic E-state index is 12.9. The molecule has 0 aromatic heterocycles. The molecule has 0 heterocycles. The minimum Gasteiger partial charge on any atom is -0.285 e. The highest BCUT2D eigenvalue weighted by Crippen LogP contribution is 2.16. The molecule has 1 N–H and O–H groups in total. The second kappa shape index (κ2) is 3.61. The van der Waals surface area contributed by atoms with Crippen LogP contribution in [0.4, 0.5) is 4.39 Å². The standard InChI is InChI=1S/C7H6ClFO3S/c8-6-2-1-5(7(9)3-6)4-13(10,11)12/h1-3H,4H2,(H,10,11,12). The molecule has 0 aliphatic carbocycles. The number of halogens is 2. The van der Waals surface area contributed by atoms with Crippen LogP contribution in [0.2, 0.25) is 5.02 Å². The summed E-state index contributed by atoms with van der Waals surface area (Å²) in [5.74, 6) is -1.49. The van der Waals surface area contributed by atoms with Crippen LogP contribution in [0.25, 0.3) is 0 Å². The fraction of sp³-hybridized carbons (Fsp3) is 0.143. The molecule has 0 unspecified atom stereocenters. The molecule has 0 spiro atoms. The third-order valence-corrected chi connectivity index (χ3v) is 2.26. The van der Waals surface area contributed by atoms with Gasteiger partial charge in [0, 0.05) is 10.6 Å². The first-order valence-electron chi connectivity index (χ1n) is 3.27. The Hall–Kier alpha value is -0.650. The van der Waals surface area contributed by atoms with Crippen molar-refractivity contribution in [3.8, 4) is 0 Å². The summed E-state index contributed by atoms with van der Waals surface area (Å²) >= 11 is 5.44. The van der Waals surface area contributed by atoms with Crippen LogP contribution in [0, 0.1) is 5.82 Å². The molecule has 0 saturated carbocycles. The second-order valence-corrected chi connectivity index (χ2v) is 4.35. The molecule has 13 heavy (non-hydrogen) atoms. The zero-order valence-corrected chi connectivity index (χ0v) is 7.94. The normalized spacial score (nSPS) is 11.6. The van der Waals surface area contributed by atoms with Gasteiger partial charge in [-0.25, -0.2) is 4.39 Å². The summed E-state index contributed by atoms with van der Waals surface area (Å²) in [6.45, 7) is 0. The first-order chi connectivity index (χ1) is 5.88. The van der Waals surface area contributed by atoms with Crippen LogP contribution in [-0.4, -0.2) is 13.0 Å². The van der Waals surface area contributed by atoms with Gasteiger partial charge in [-0.3, -0.25) is 4.55 Å². The third-order valence-electron chi connectivity index (χ3n) is 1.35.